The van der Waals surface area contributed by atoms with Crippen molar-refractivity contribution in [2.45, 2.75) is 32.2 Å². The molecule has 0 atom stereocenters. The summed E-state index contributed by atoms with van der Waals surface area (Å²) < 4.78 is 37.4. The van der Waals surface area contributed by atoms with Crippen LogP contribution in [-0.2, 0) is 16.7 Å². The molecule has 0 aliphatic heterocycles. The third-order valence-corrected chi connectivity index (χ3v) is 6.83. The third-order valence-electron chi connectivity index (χ3n) is 4.55. The number of hydrogen-bond donors (Lipinski definition) is 1. The van der Waals surface area contributed by atoms with E-state index >= 15 is 0 Å². The maximum absolute atomic E-state index is 12.8. The van der Waals surface area contributed by atoms with Gasteiger partial charge in [0, 0.05) is 17.3 Å². The lowest BCUT2D eigenvalue weighted by atomic mass is 10.1. The number of ether oxygens (including phenoxy) is 1. The van der Waals surface area contributed by atoms with E-state index in [-0.39, 0.29) is 10.6 Å². The lowest BCUT2D eigenvalue weighted by Crippen LogP contribution is -2.12. The molecule has 3 rings (SSSR count). The molecular weight excluding hydrogens is 549 g/mol. The van der Waals surface area contributed by atoms with Crippen LogP contribution in [0.2, 0.25) is 5.02 Å². The highest BCUT2D eigenvalue weighted by Crippen LogP contribution is 2.36. The minimum atomic E-state index is -3.99. The summed E-state index contributed by atoms with van der Waals surface area (Å²) in [4.78, 5) is 0.0959. The topological polar surface area (TPSA) is 64.6 Å². The summed E-state index contributed by atoms with van der Waals surface area (Å²) in [5, 5.41) is 4.02. The van der Waals surface area contributed by atoms with Gasteiger partial charge in [-0.15, -0.1) is 0 Å². The minimum Gasteiger partial charge on any atom is -0.490 e. The number of benzene rings is 3. The van der Waals surface area contributed by atoms with Crippen molar-refractivity contribution in [2.24, 2.45) is 0 Å². The van der Waals surface area contributed by atoms with E-state index in [1.54, 1.807) is 18.2 Å². The summed E-state index contributed by atoms with van der Waals surface area (Å²) in [6.45, 7) is 6.63. The van der Waals surface area contributed by atoms with Gasteiger partial charge in [0.2, 0.25) is 0 Å². The smallest absolute Gasteiger partial charge is 0.339 e. The Labute approximate surface area is 202 Å². The fraction of sp³-hybridized carbons (Fsp3) is 0.217. The molecule has 0 aliphatic rings. The monoisotopic (exact) mass is 571 g/mol. The first kappa shape index (κ1) is 23.7. The van der Waals surface area contributed by atoms with Crippen molar-refractivity contribution < 1.29 is 17.3 Å². The van der Waals surface area contributed by atoms with E-state index in [0.29, 0.717) is 27.5 Å². The molecule has 0 fully saturated rings. The lowest BCUT2D eigenvalue weighted by Gasteiger charge is -2.16. The maximum atomic E-state index is 12.8. The molecule has 0 saturated carbocycles. The van der Waals surface area contributed by atoms with E-state index in [1.165, 1.54) is 12.1 Å². The highest BCUT2D eigenvalue weighted by molar-refractivity contribution is 14.1. The summed E-state index contributed by atoms with van der Waals surface area (Å²) in [5.41, 5.74) is 3.90. The van der Waals surface area contributed by atoms with E-state index in [1.807, 2.05) is 45.0 Å². The van der Waals surface area contributed by atoms with Crippen LogP contribution in [0.3, 0.4) is 0 Å². The Balaban J connectivity index is 1.88. The molecule has 164 valence electrons. The average Bonchev–Trinajstić information content (AvgIpc) is 2.71. The van der Waals surface area contributed by atoms with Gasteiger partial charge in [-0.1, -0.05) is 35.4 Å². The van der Waals surface area contributed by atoms with Crippen LogP contribution in [0, 0.1) is 17.4 Å². The molecule has 0 spiro atoms. The molecule has 0 saturated heterocycles. The molecule has 3 aromatic carbocycles. The van der Waals surface area contributed by atoms with Crippen LogP contribution in [0.4, 0.5) is 5.69 Å². The predicted octanol–water partition coefficient (Wildman–Crippen LogP) is 6.34. The predicted molar refractivity (Wildman–Crippen MR) is 133 cm³/mol. The lowest BCUT2D eigenvalue weighted by molar-refractivity contribution is 0.326. The molecule has 5 nitrogen and oxygen atoms in total. The van der Waals surface area contributed by atoms with Gasteiger partial charge in [-0.05, 0) is 90.9 Å². The van der Waals surface area contributed by atoms with Gasteiger partial charge in [0.25, 0.3) is 0 Å². The van der Waals surface area contributed by atoms with Crippen molar-refractivity contribution in [2.75, 3.05) is 11.9 Å². The second-order valence-corrected chi connectivity index (χ2v) is 10.1. The Bertz CT molecular complexity index is 1180. The average molecular weight is 572 g/mol. The molecule has 0 aliphatic carbocycles. The summed E-state index contributed by atoms with van der Waals surface area (Å²) >= 11 is 8.16. The fourth-order valence-corrected chi connectivity index (χ4v) is 4.97. The Morgan fingerprint density at radius 3 is 2.42 bits per heavy atom. The first-order valence-electron chi connectivity index (χ1n) is 9.66. The van der Waals surface area contributed by atoms with Crippen molar-refractivity contribution in [1.82, 2.24) is 0 Å². The maximum Gasteiger partial charge on any atom is 0.339 e. The molecule has 8 heteroatoms. The van der Waals surface area contributed by atoms with Crippen molar-refractivity contribution in [1.29, 1.82) is 0 Å². The minimum absolute atomic E-state index is 0.0959. The van der Waals surface area contributed by atoms with E-state index in [2.05, 4.69) is 27.9 Å². The van der Waals surface area contributed by atoms with Gasteiger partial charge in [0.05, 0.1) is 10.2 Å². The summed E-state index contributed by atoms with van der Waals surface area (Å²) in [6, 6.07) is 15.9. The normalized spacial score (nSPS) is 11.3. The molecule has 0 unspecified atom stereocenters. The number of aryl methyl sites for hydroxylation is 2. The molecule has 0 amide bonds. The van der Waals surface area contributed by atoms with Crippen LogP contribution >= 0.6 is 34.2 Å². The molecule has 31 heavy (non-hydrogen) atoms. The van der Waals surface area contributed by atoms with Crippen LogP contribution < -0.4 is 14.2 Å². The van der Waals surface area contributed by atoms with E-state index in [9.17, 15) is 8.42 Å². The van der Waals surface area contributed by atoms with Crippen LogP contribution in [-0.4, -0.2) is 15.0 Å². The summed E-state index contributed by atoms with van der Waals surface area (Å²) in [7, 11) is -3.99. The van der Waals surface area contributed by atoms with Gasteiger partial charge in [-0.3, -0.25) is 0 Å². The Morgan fingerprint density at radius 1 is 1.03 bits per heavy atom. The van der Waals surface area contributed by atoms with Crippen molar-refractivity contribution in [3.05, 3.63) is 79.9 Å². The zero-order valence-corrected chi connectivity index (χ0v) is 21.1. The van der Waals surface area contributed by atoms with E-state index in [0.717, 1.165) is 22.4 Å². The van der Waals surface area contributed by atoms with Crippen molar-refractivity contribution >= 4 is 50.0 Å². The van der Waals surface area contributed by atoms with Crippen molar-refractivity contribution in [3.63, 3.8) is 0 Å². The Morgan fingerprint density at radius 2 is 1.74 bits per heavy atom. The number of nitrogens with one attached hydrogen (secondary N) is 1. The number of hydrogen-bond acceptors (Lipinski definition) is 5. The van der Waals surface area contributed by atoms with Crippen LogP contribution in [0.25, 0.3) is 0 Å². The zero-order chi connectivity index (χ0) is 22.6. The molecule has 1 N–H and O–H groups in total. The third kappa shape index (κ3) is 6.05. The van der Waals surface area contributed by atoms with Crippen LogP contribution in [0.15, 0.2) is 59.5 Å². The van der Waals surface area contributed by atoms with E-state index in [4.69, 9.17) is 20.5 Å². The fourth-order valence-electron chi connectivity index (χ4n) is 2.91. The van der Waals surface area contributed by atoms with Gasteiger partial charge >= 0.3 is 10.1 Å². The summed E-state index contributed by atoms with van der Waals surface area (Å²) in [5.74, 6) is 0.565. The number of halogens is 2. The molecular formula is C23H23ClINO4S. The second kappa shape index (κ2) is 10.1. The molecule has 3 aromatic rings. The standard InChI is InChI=1S/C23H23ClINO4S/c1-4-29-22-12-17(14-26-21-13-18(24)8-7-16(21)3)11-20(25)23(22)30-31(27,28)19-9-5-15(2)6-10-19/h5-13,26H,4,14H2,1-3H3. The number of rotatable bonds is 8. The first-order valence-corrected chi connectivity index (χ1v) is 12.5. The highest BCUT2D eigenvalue weighted by atomic mass is 127. The molecule has 0 bridgehead atoms. The van der Waals surface area contributed by atoms with Crippen LogP contribution in [0.1, 0.15) is 23.6 Å². The highest BCUT2D eigenvalue weighted by Gasteiger charge is 2.22. The molecule has 0 heterocycles. The Hall–Kier alpha value is -1.97. The van der Waals surface area contributed by atoms with Gasteiger partial charge in [0.15, 0.2) is 11.5 Å². The summed E-state index contributed by atoms with van der Waals surface area (Å²) in [6.07, 6.45) is 0. The SMILES string of the molecule is CCOc1cc(CNc2cc(Cl)ccc2C)cc(I)c1OS(=O)(=O)c1ccc(C)cc1. The van der Waals surface area contributed by atoms with E-state index < -0.39 is 10.1 Å². The second-order valence-electron chi connectivity index (χ2n) is 7.00. The van der Waals surface area contributed by atoms with Crippen molar-refractivity contribution in [3.8, 4) is 11.5 Å². The van der Waals surface area contributed by atoms with Gasteiger partial charge in [0.1, 0.15) is 4.90 Å². The number of anilines is 1. The van der Waals surface area contributed by atoms with Crippen LogP contribution in [0.5, 0.6) is 11.5 Å². The largest absolute Gasteiger partial charge is 0.490 e. The zero-order valence-electron chi connectivity index (χ0n) is 17.4. The quantitative estimate of drug-likeness (QED) is 0.253. The molecule has 0 aromatic heterocycles. The van der Waals surface area contributed by atoms with Gasteiger partial charge in [-0.25, -0.2) is 0 Å². The Kier molecular flexibility index (Phi) is 7.72. The van der Waals surface area contributed by atoms with Gasteiger partial charge in [-0.2, -0.15) is 8.42 Å². The first-order chi connectivity index (χ1) is 14.7. The molecule has 0 radical (unpaired) electrons. The van der Waals surface area contributed by atoms with Gasteiger partial charge < -0.3 is 14.2 Å².